The van der Waals surface area contributed by atoms with E-state index in [1.807, 2.05) is 13.8 Å². The predicted octanol–water partition coefficient (Wildman–Crippen LogP) is 2.34. The molecule has 0 aliphatic carbocycles. The average molecular weight is 242 g/mol. The van der Waals surface area contributed by atoms with Crippen LogP contribution in [0, 0.1) is 13.8 Å². The first kappa shape index (κ1) is 11.6. The normalized spacial score (nSPS) is 20.1. The third-order valence-electron chi connectivity index (χ3n) is 2.79. The molecule has 1 N–H and O–H groups in total. The number of nitrogens with zero attached hydrogens (tertiary/aromatic N) is 2. The SMILES string of the molecule is Cc1nc(Cl)c(NCC2CCCO2)nc1C. The number of nitrogens with one attached hydrogen (secondary N) is 1. The molecule has 0 aromatic carbocycles. The van der Waals surface area contributed by atoms with Gasteiger partial charge in [-0.2, -0.15) is 0 Å². The van der Waals surface area contributed by atoms with E-state index in [1.54, 1.807) is 0 Å². The maximum absolute atomic E-state index is 6.01. The number of aromatic nitrogens is 2. The van der Waals surface area contributed by atoms with Crippen LogP contribution in [0.1, 0.15) is 24.2 Å². The van der Waals surface area contributed by atoms with E-state index in [0.29, 0.717) is 11.0 Å². The molecule has 0 saturated carbocycles. The summed E-state index contributed by atoms with van der Waals surface area (Å²) < 4.78 is 5.51. The highest BCUT2D eigenvalue weighted by Crippen LogP contribution is 2.19. The maximum atomic E-state index is 6.01. The Labute approximate surface area is 100 Å². The molecule has 4 nitrogen and oxygen atoms in total. The van der Waals surface area contributed by atoms with Gasteiger partial charge in [0.1, 0.15) is 0 Å². The van der Waals surface area contributed by atoms with Crippen molar-refractivity contribution in [2.45, 2.75) is 32.8 Å². The lowest BCUT2D eigenvalue weighted by Gasteiger charge is -2.12. The number of halogens is 1. The molecular weight excluding hydrogens is 226 g/mol. The molecule has 1 aliphatic rings. The van der Waals surface area contributed by atoms with E-state index in [9.17, 15) is 0 Å². The highest BCUT2D eigenvalue weighted by atomic mass is 35.5. The average Bonchev–Trinajstić information content (AvgIpc) is 2.74. The first-order valence-corrected chi connectivity index (χ1v) is 5.91. The molecule has 1 aromatic rings. The molecule has 0 bridgehead atoms. The number of hydrogen-bond acceptors (Lipinski definition) is 4. The smallest absolute Gasteiger partial charge is 0.171 e. The van der Waals surface area contributed by atoms with Crippen LogP contribution in [-0.2, 0) is 4.74 Å². The van der Waals surface area contributed by atoms with Crippen molar-refractivity contribution < 1.29 is 4.74 Å². The summed E-state index contributed by atoms with van der Waals surface area (Å²) in [6.45, 7) is 5.43. The molecule has 88 valence electrons. The maximum Gasteiger partial charge on any atom is 0.171 e. The van der Waals surface area contributed by atoms with E-state index in [-0.39, 0.29) is 6.10 Å². The second-order valence-electron chi connectivity index (χ2n) is 4.05. The number of anilines is 1. The highest BCUT2D eigenvalue weighted by molar-refractivity contribution is 6.31. The van der Waals surface area contributed by atoms with E-state index in [4.69, 9.17) is 16.3 Å². The van der Waals surface area contributed by atoms with Gasteiger partial charge >= 0.3 is 0 Å². The lowest BCUT2D eigenvalue weighted by atomic mass is 10.2. The quantitative estimate of drug-likeness (QED) is 0.883. The summed E-state index contributed by atoms with van der Waals surface area (Å²) in [5, 5.41) is 3.62. The summed E-state index contributed by atoms with van der Waals surface area (Å²) in [7, 11) is 0. The summed E-state index contributed by atoms with van der Waals surface area (Å²) in [5.41, 5.74) is 1.77. The van der Waals surface area contributed by atoms with Crippen molar-refractivity contribution in [3.05, 3.63) is 16.5 Å². The molecule has 1 aliphatic heterocycles. The molecule has 2 heterocycles. The highest BCUT2D eigenvalue weighted by Gasteiger charge is 2.16. The third kappa shape index (κ3) is 2.62. The minimum absolute atomic E-state index is 0.277. The summed E-state index contributed by atoms with van der Waals surface area (Å²) in [6.07, 6.45) is 2.51. The summed E-state index contributed by atoms with van der Waals surface area (Å²) in [6, 6.07) is 0. The van der Waals surface area contributed by atoms with E-state index in [2.05, 4.69) is 15.3 Å². The molecule has 0 spiro atoms. The van der Waals surface area contributed by atoms with Crippen molar-refractivity contribution in [3.8, 4) is 0 Å². The molecule has 1 saturated heterocycles. The van der Waals surface area contributed by atoms with Crippen molar-refractivity contribution in [1.29, 1.82) is 0 Å². The van der Waals surface area contributed by atoms with Gasteiger partial charge in [-0.25, -0.2) is 9.97 Å². The fraction of sp³-hybridized carbons (Fsp3) is 0.636. The molecule has 1 aromatic heterocycles. The van der Waals surface area contributed by atoms with Gasteiger partial charge in [0.15, 0.2) is 11.0 Å². The monoisotopic (exact) mass is 241 g/mol. The Morgan fingerprint density at radius 3 is 2.81 bits per heavy atom. The molecule has 16 heavy (non-hydrogen) atoms. The molecule has 1 fully saturated rings. The molecule has 1 atom stereocenters. The minimum atomic E-state index is 0.277. The van der Waals surface area contributed by atoms with Crippen LogP contribution in [0.25, 0.3) is 0 Å². The van der Waals surface area contributed by atoms with Crippen molar-refractivity contribution in [2.75, 3.05) is 18.5 Å². The molecule has 0 amide bonds. The second kappa shape index (κ2) is 4.97. The standard InChI is InChI=1S/C11H16ClN3O/c1-7-8(2)15-11(10(12)14-7)13-6-9-4-3-5-16-9/h9H,3-6H2,1-2H3,(H,13,15). The Hall–Kier alpha value is -0.870. The van der Waals surface area contributed by atoms with Crippen LogP contribution in [0.2, 0.25) is 5.15 Å². The van der Waals surface area contributed by atoms with Gasteiger partial charge in [0, 0.05) is 13.2 Å². The largest absolute Gasteiger partial charge is 0.376 e. The topological polar surface area (TPSA) is 47.0 Å². The number of hydrogen-bond donors (Lipinski definition) is 1. The number of ether oxygens (including phenoxy) is 1. The number of aryl methyl sites for hydroxylation is 2. The lowest BCUT2D eigenvalue weighted by molar-refractivity contribution is 0.120. The van der Waals surface area contributed by atoms with Gasteiger partial charge in [-0.1, -0.05) is 11.6 Å². The fourth-order valence-corrected chi connectivity index (χ4v) is 1.94. The van der Waals surface area contributed by atoms with Crippen molar-refractivity contribution in [2.24, 2.45) is 0 Å². The Balaban J connectivity index is 2.00. The van der Waals surface area contributed by atoms with Gasteiger partial charge < -0.3 is 10.1 Å². The van der Waals surface area contributed by atoms with Gasteiger partial charge in [-0.3, -0.25) is 0 Å². The fourth-order valence-electron chi connectivity index (χ4n) is 1.70. The third-order valence-corrected chi connectivity index (χ3v) is 3.05. The molecule has 1 unspecified atom stereocenters. The van der Waals surface area contributed by atoms with E-state index in [0.717, 1.165) is 37.4 Å². The van der Waals surface area contributed by atoms with Gasteiger partial charge in [-0.15, -0.1) is 0 Å². The zero-order chi connectivity index (χ0) is 11.5. The molecule has 5 heteroatoms. The van der Waals surface area contributed by atoms with Crippen molar-refractivity contribution in [1.82, 2.24) is 9.97 Å². The van der Waals surface area contributed by atoms with Gasteiger partial charge in [0.25, 0.3) is 0 Å². The van der Waals surface area contributed by atoms with Crippen molar-refractivity contribution >= 4 is 17.4 Å². The molecule has 0 radical (unpaired) electrons. The first-order valence-electron chi connectivity index (χ1n) is 5.53. The van der Waals surface area contributed by atoms with Crippen LogP contribution in [0.3, 0.4) is 0 Å². The Bertz CT molecular complexity index is 378. The van der Waals surface area contributed by atoms with Gasteiger partial charge in [0.05, 0.1) is 17.5 Å². The first-order chi connectivity index (χ1) is 7.66. The Morgan fingerprint density at radius 1 is 1.38 bits per heavy atom. The summed E-state index contributed by atoms with van der Waals surface area (Å²) >= 11 is 6.01. The minimum Gasteiger partial charge on any atom is -0.376 e. The zero-order valence-corrected chi connectivity index (χ0v) is 10.3. The Kier molecular flexibility index (Phi) is 3.61. The number of rotatable bonds is 3. The molecule has 2 rings (SSSR count). The van der Waals surface area contributed by atoms with E-state index in [1.165, 1.54) is 0 Å². The van der Waals surface area contributed by atoms with E-state index < -0.39 is 0 Å². The van der Waals surface area contributed by atoms with Crippen molar-refractivity contribution in [3.63, 3.8) is 0 Å². The predicted molar refractivity (Wildman–Crippen MR) is 64.0 cm³/mol. The van der Waals surface area contributed by atoms with Gasteiger partial charge in [-0.05, 0) is 26.7 Å². The van der Waals surface area contributed by atoms with E-state index >= 15 is 0 Å². The second-order valence-corrected chi connectivity index (χ2v) is 4.41. The van der Waals surface area contributed by atoms with Crippen LogP contribution in [-0.4, -0.2) is 29.2 Å². The lowest BCUT2D eigenvalue weighted by Crippen LogP contribution is -2.19. The summed E-state index contributed by atoms with van der Waals surface area (Å²) in [4.78, 5) is 8.59. The van der Waals surface area contributed by atoms with Crippen LogP contribution in [0.5, 0.6) is 0 Å². The van der Waals surface area contributed by atoms with Crippen LogP contribution >= 0.6 is 11.6 Å². The summed E-state index contributed by atoms with van der Waals surface area (Å²) in [5.74, 6) is 0.653. The van der Waals surface area contributed by atoms with Crippen LogP contribution in [0.4, 0.5) is 5.82 Å². The molecular formula is C11H16ClN3O. The van der Waals surface area contributed by atoms with Gasteiger partial charge in [0.2, 0.25) is 0 Å². The van der Waals surface area contributed by atoms with Crippen LogP contribution < -0.4 is 5.32 Å². The Morgan fingerprint density at radius 2 is 2.12 bits per heavy atom. The zero-order valence-electron chi connectivity index (χ0n) is 9.59. The van der Waals surface area contributed by atoms with Crippen LogP contribution in [0.15, 0.2) is 0 Å².